The van der Waals surface area contributed by atoms with E-state index in [0.29, 0.717) is 30.8 Å². The summed E-state index contributed by atoms with van der Waals surface area (Å²) >= 11 is 0. The minimum absolute atomic E-state index is 0.0774. The summed E-state index contributed by atoms with van der Waals surface area (Å²) in [5, 5.41) is 11.7. The number of benzene rings is 1. The molecule has 0 radical (unpaired) electrons. The lowest BCUT2D eigenvalue weighted by molar-refractivity contribution is -0.132. The van der Waals surface area contributed by atoms with E-state index in [4.69, 9.17) is 9.52 Å². The highest BCUT2D eigenvalue weighted by Gasteiger charge is 2.39. The van der Waals surface area contributed by atoms with E-state index < -0.39 is 11.4 Å². The van der Waals surface area contributed by atoms with Gasteiger partial charge in [0, 0.05) is 18.7 Å². The minimum atomic E-state index is -1.15. The van der Waals surface area contributed by atoms with Gasteiger partial charge in [-0.05, 0) is 44.0 Å². The molecule has 0 spiro atoms. The molecule has 0 aliphatic carbocycles. The van der Waals surface area contributed by atoms with Gasteiger partial charge in [-0.1, -0.05) is 18.2 Å². The van der Waals surface area contributed by atoms with Crippen LogP contribution in [0.4, 0.5) is 0 Å². The molecule has 2 aromatic rings. The molecule has 1 aliphatic heterocycles. The molecule has 7 heteroatoms. The SMILES string of the molecule is CC1(C(=O)NCc2ccc(C(=O)O)o2)CCCN(C(=O)c2ccccc2)C1. The van der Waals surface area contributed by atoms with Crippen LogP contribution in [0.3, 0.4) is 0 Å². The molecule has 142 valence electrons. The van der Waals surface area contributed by atoms with Gasteiger partial charge in [-0.25, -0.2) is 4.79 Å². The van der Waals surface area contributed by atoms with Crippen LogP contribution >= 0.6 is 0 Å². The number of carboxylic acids is 1. The lowest BCUT2D eigenvalue weighted by Crippen LogP contribution is -2.51. The number of hydrogen-bond donors (Lipinski definition) is 2. The van der Waals surface area contributed by atoms with E-state index in [1.165, 1.54) is 12.1 Å². The Morgan fingerprint density at radius 2 is 1.93 bits per heavy atom. The van der Waals surface area contributed by atoms with Gasteiger partial charge in [0.25, 0.3) is 5.91 Å². The molecular formula is C20H22N2O5. The van der Waals surface area contributed by atoms with E-state index in [2.05, 4.69) is 5.32 Å². The van der Waals surface area contributed by atoms with E-state index >= 15 is 0 Å². The molecule has 1 aromatic heterocycles. The molecule has 0 saturated carbocycles. The molecule has 1 fully saturated rings. The van der Waals surface area contributed by atoms with Crippen molar-refractivity contribution in [1.29, 1.82) is 0 Å². The average Bonchev–Trinajstić information content (AvgIpc) is 3.15. The predicted octanol–water partition coefficient (Wildman–Crippen LogP) is 2.54. The number of nitrogens with one attached hydrogen (secondary N) is 1. The van der Waals surface area contributed by atoms with Crippen molar-refractivity contribution < 1.29 is 23.9 Å². The maximum atomic E-state index is 12.7. The van der Waals surface area contributed by atoms with Crippen molar-refractivity contribution in [2.45, 2.75) is 26.3 Å². The van der Waals surface area contributed by atoms with Gasteiger partial charge in [0.05, 0.1) is 12.0 Å². The fraction of sp³-hybridized carbons (Fsp3) is 0.350. The first-order chi connectivity index (χ1) is 12.9. The van der Waals surface area contributed by atoms with E-state index in [0.717, 1.165) is 6.42 Å². The van der Waals surface area contributed by atoms with Gasteiger partial charge in [-0.15, -0.1) is 0 Å². The molecule has 1 unspecified atom stereocenters. The van der Waals surface area contributed by atoms with Crippen LogP contribution in [0.1, 0.15) is 46.4 Å². The summed E-state index contributed by atoms with van der Waals surface area (Å²) in [6, 6.07) is 11.9. The second kappa shape index (κ2) is 7.65. The highest BCUT2D eigenvalue weighted by molar-refractivity contribution is 5.95. The minimum Gasteiger partial charge on any atom is -0.475 e. The smallest absolute Gasteiger partial charge is 0.371 e. The highest BCUT2D eigenvalue weighted by Crippen LogP contribution is 2.30. The first-order valence-corrected chi connectivity index (χ1v) is 8.84. The second-order valence-corrected chi connectivity index (χ2v) is 7.01. The highest BCUT2D eigenvalue weighted by atomic mass is 16.4. The fourth-order valence-electron chi connectivity index (χ4n) is 3.33. The number of likely N-dealkylation sites (tertiary alicyclic amines) is 1. The zero-order valence-corrected chi connectivity index (χ0v) is 15.1. The van der Waals surface area contributed by atoms with Gasteiger partial charge in [0.2, 0.25) is 11.7 Å². The Hall–Kier alpha value is -3.09. The number of carboxylic acid groups (broad SMARTS) is 1. The molecule has 27 heavy (non-hydrogen) atoms. The number of amides is 2. The summed E-state index contributed by atoms with van der Waals surface area (Å²) < 4.78 is 5.15. The summed E-state index contributed by atoms with van der Waals surface area (Å²) in [4.78, 5) is 38.0. The van der Waals surface area contributed by atoms with Crippen LogP contribution in [0, 0.1) is 5.41 Å². The van der Waals surface area contributed by atoms with Gasteiger partial charge < -0.3 is 19.7 Å². The van der Waals surface area contributed by atoms with Crippen LogP contribution < -0.4 is 5.32 Å². The Kier molecular flexibility index (Phi) is 5.30. The summed E-state index contributed by atoms with van der Waals surface area (Å²) in [5.41, 5.74) is -0.0933. The molecule has 1 saturated heterocycles. The molecule has 1 aliphatic rings. The lowest BCUT2D eigenvalue weighted by Gasteiger charge is -2.39. The van der Waals surface area contributed by atoms with Gasteiger partial charge in [0.15, 0.2) is 0 Å². The number of carbonyl (C=O) groups is 3. The summed E-state index contributed by atoms with van der Waals surface area (Å²) in [6.07, 6.45) is 1.42. The standard InChI is InChI=1S/C20H22N2O5/c1-20(19(26)21-12-15-8-9-16(27-15)18(24)25)10-5-11-22(13-20)17(23)14-6-3-2-4-7-14/h2-4,6-9H,5,10-13H2,1H3,(H,21,26)(H,24,25). The normalized spacial score (nSPS) is 19.5. The maximum Gasteiger partial charge on any atom is 0.371 e. The van der Waals surface area contributed by atoms with Crippen molar-refractivity contribution in [2.75, 3.05) is 13.1 Å². The van der Waals surface area contributed by atoms with Crippen LogP contribution in [0.25, 0.3) is 0 Å². The van der Waals surface area contributed by atoms with Gasteiger partial charge in [-0.3, -0.25) is 9.59 Å². The number of hydrogen-bond acceptors (Lipinski definition) is 4. The van der Waals surface area contributed by atoms with E-state index in [1.807, 2.05) is 25.1 Å². The van der Waals surface area contributed by atoms with E-state index in [-0.39, 0.29) is 24.1 Å². The quantitative estimate of drug-likeness (QED) is 0.842. The lowest BCUT2D eigenvalue weighted by atomic mass is 9.80. The first kappa shape index (κ1) is 18.7. The Morgan fingerprint density at radius 3 is 2.59 bits per heavy atom. The molecule has 1 aromatic carbocycles. The number of piperidine rings is 1. The van der Waals surface area contributed by atoms with Crippen molar-refractivity contribution in [3.05, 3.63) is 59.5 Å². The third-order valence-corrected chi connectivity index (χ3v) is 4.85. The van der Waals surface area contributed by atoms with Crippen LogP contribution in [0.2, 0.25) is 0 Å². The maximum absolute atomic E-state index is 12.7. The van der Waals surface area contributed by atoms with Crippen LogP contribution in [-0.2, 0) is 11.3 Å². The molecule has 2 amide bonds. The molecule has 7 nitrogen and oxygen atoms in total. The topological polar surface area (TPSA) is 99.8 Å². The number of aromatic carboxylic acids is 1. The number of furan rings is 1. The van der Waals surface area contributed by atoms with Gasteiger partial charge >= 0.3 is 5.97 Å². The largest absolute Gasteiger partial charge is 0.475 e. The zero-order chi connectivity index (χ0) is 19.4. The summed E-state index contributed by atoms with van der Waals surface area (Å²) in [7, 11) is 0. The van der Waals surface area contributed by atoms with Crippen LogP contribution in [0.5, 0.6) is 0 Å². The average molecular weight is 370 g/mol. The number of rotatable bonds is 5. The van der Waals surface area contributed by atoms with Crippen molar-refractivity contribution in [3.63, 3.8) is 0 Å². The Balaban J connectivity index is 1.62. The first-order valence-electron chi connectivity index (χ1n) is 8.84. The van der Waals surface area contributed by atoms with Gasteiger partial charge in [-0.2, -0.15) is 0 Å². The molecular weight excluding hydrogens is 348 g/mol. The second-order valence-electron chi connectivity index (χ2n) is 7.01. The molecule has 2 N–H and O–H groups in total. The van der Waals surface area contributed by atoms with Crippen molar-refractivity contribution in [1.82, 2.24) is 10.2 Å². The summed E-state index contributed by atoms with van der Waals surface area (Å²) in [6.45, 7) is 2.91. The van der Waals surface area contributed by atoms with Crippen LogP contribution in [-0.4, -0.2) is 40.9 Å². The Bertz CT molecular complexity index is 845. The number of nitrogens with zero attached hydrogens (tertiary/aromatic N) is 1. The summed E-state index contributed by atoms with van der Waals surface area (Å²) in [5.74, 6) is -1.20. The third-order valence-electron chi connectivity index (χ3n) is 4.85. The van der Waals surface area contributed by atoms with Crippen molar-refractivity contribution in [2.24, 2.45) is 5.41 Å². The monoisotopic (exact) mass is 370 g/mol. The van der Waals surface area contributed by atoms with Crippen LogP contribution in [0.15, 0.2) is 46.9 Å². The molecule has 1 atom stereocenters. The zero-order valence-electron chi connectivity index (χ0n) is 15.1. The van der Waals surface area contributed by atoms with E-state index in [1.54, 1.807) is 17.0 Å². The van der Waals surface area contributed by atoms with Crippen molar-refractivity contribution >= 4 is 17.8 Å². The van der Waals surface area contributed by atoms with E-state index in [9.17, 15) is 14.4 Å². The molecule has 2 heterocycles. The van der Waals surface area contributed by atoms with Gasteiger partial charge in [0.1, 0.15) is 5.76 Å². The number of carbonyl (C=O) groups excluding carboxylic acids is 2. The Labute approximate surface area is 157 Å². The van der Waals surface area contributed by atoms with Crippen molar-refractivity contribution in [3.8, 4) is 0 Å². The molecule has 0 bridgehead atoms. The Morgan fingerprint density at radius 1 is 1.19 bits per heavy atom. The predicted molar refractivity (Wildman–Crippen MR) is 97.2 cm³/mol. The third kappa shape index (κ3) is 4.19. The fourth-order valence-corrected chi connectivity index (χ4v) is 3.33. The molecule has 3 rings (SSSR count).